The summed E-state index contributed by atoms with van der Waals surface area (Å²) in [6.45, 7) is 2.24. The maximum atomic E-state index is 12.4. The van der Waals surface area contributed by atoms with Crippen LogP contribution in [-0.2, 0) is 16.6 Å². The molecule has 1 unspecified atom stereocenters. The van der Waals surface area contributed by atoms with Crippen LogP contribution in [-0.4, -0.2) is 46.5 Å². The monoisotopic (exact) mass is 317 g/mol. The molecule has 5 nitrogen and oxygen atoms in total. The Balaban J connectivity index is 2.22. The molecule has 1 heterocycles. The normalized spacial score (nSPS) is 20.4. The lowest BCUT2D eigenvalue weighted by Gasteiger charge is -2.15. The number of likely N-dealkylation sites (N-methyl/N-ethyl adjacent to an activating group) is 1. The number of likely N-dealkylation sites (tertiary alicyclic amines) is 1. The minimum absolute atomic E-state index is 0.0472. The van der Waals surface area contributed by atoms with Crippen molar-refractivity contribution in [3.63, 3.8) is 0 Å². The zero-order chi connectivity index (χ0) is 14.8. The molecule has 1 aliphatic rings. The van der Waals surface area contributed by atoms with Gasteiger partial charge in [-0.05, 0) is 44.8 Å². The zero-order valence-corrected chi connectivity index (χ0v) is 13.3. The van der Waals surface area contributed by atoms with E-state index in [1.807, 2.05) is 20.2 Å². The number of halogens is 1. The largest absolute Gasteiger partial charge is 0.316 e. The van der Waals surface area contributed by atoms with Gasteiger partial charge in [0, 0.05) is 19.1 Å². The minimum atomic E-state index is -3.58. The Morgan fingerprint density at radius 2 is 2.20 bits per heavy atom. The third-order valence-corrected chi connectivity index (χ3v) is 5.38. The molecular formula is C13H20ClN3O2S. The van der Waals surface area contributed by atoms with Gasteiger partial charge in [0.15, 0.2) is 0 Å². The number of sulfonamides is 1. The highest BCUT2D eigenvalue weighted by atomic mass is 35.5. The first-order valence-corrected chi connectivity index (χ1v) is 8.42. The van der Waals surface area contributed by atoms with Gasteiger partial charge in [0.2, 0.25) is 10.0 Å². The van der Waals surface area contributed by atoms with Crippen LogP contribution < -0.4 is 10.0 Å². The van der Waals surface area contributed by atoms with Crippen LogP contribution >= 0.6 is 11.6 Å². The van der Waals surface area contributed by atoms with E-state index in [0.717, 1.165) is 25.1 Å². The van der Waals surface area contributed by atoms with Crippen LogP contribution in [0.25, 0.3) is 0 Å². The number of hydrogen-bond donors (Lipinski definition) is 2. The number of nitrogens with zero attached hydrogens (tertiary/aromatic N) is 1. The topological polar surface area (TPSA) is 61.4 Å². The average Bonchev–Trinajstić information content (AvgIpc) is 2.76. The van der Waals surface area contributed by atoms with Gasteiger partial charge in [-0.25, -0.2) is 13.1 Å². The van der Waals surface area contributed by atoms with Crippen LogP contribution in [0.1, 0.15) is 12.0 Å². The molecule has 1 aromatic carbocycles. The molecule has 112 valence electrons. The van der Waals surface area contributed by atoms with E-state index in [1.165, 1.54) is 0 Å². The Hall–Kier alpha value is -0.660. The van der Waals surface area contributed by atoms with Gasteiger partial charge in [0.05, 0.1) is 5.02 Å². The van der Waals surface area contributed by atoms with Gasteiger partial charge in [-0.1, -0.05) is 17.7 Å². The van der Waals surface area contributed by atoms with Crippen molar-refractivity contribution < 1.29 is 8.42 Å². The van der Waals surface area contributed by atoms with Gasteiger partial charge in [-0.2, -0.15) is 0 Å². The van der Waals surface area contributed by atoms with E-state index >= 15 is 0 Å². The molecule has 0 bridgehead atoms. The molecular weight excluding hydrogens is 298 g/mol. The lowest BCUT2D eigenvalue weighted by molar-refractivity contribution is 0.407. The van der Waals surface area contributed by atoms with Crippen molar-refractivity contribution in [1.82, 2.24) is 14.9 Å². The molecule has 0 amide bonds. The van der Waals surface area contributed by atoms with E-state index in [0.29, 0.717) is 6.54 Å². The first-order valence-electron chi connectivity index (χ1n) is 6.56. The van der Waals surface area contributed by atoms with Crippen LogP contribution in [0.5, 0.6) is 0 Å². The summed E-state index contributed by atoms with van der Waals surface area (Å²) >= 11 is 6.05. The maximum absolute atomic E-state index is 12.4. The Morgan fingerprint density at radius 3 is 2.80 bits per heavy atom. The van der Waals surface area contributed by atoms with Crippen LogP contribution in [0.15, 0.2) is 23.1 Å². The molecule has 1 fully saturated rings. The fraction of sp³-hybridized carbons (Fsp3) is 0.538. The quantitative estimate of drug-likeness (QED) is 0.852. The van der Waals surface area contributed by atoms with Crippen molar-refractivity contribution >= 4 is 21.6 Å². The molecule has 0 aromatic heterocycles. The number of benzene rings is 1. The lowest BCUT2D eigenvalue weighted by Crippen LogP contribution is -2.36. The van der Waals surface area contributed by atoms with Crippen molar-refractivity contribution in [2.45, 2.75) is 23.9 Å². The van der Waals surface area contributed by atoms with Crippen molar-refractivity contribution in [3.05, 3.63) is 28.8 Å². The number of rotatable bonds is 5. The van der Waals surface area contributed by atoms with Crippen molar-refractivity contribution in [2.75, 3.05) is 27.2 Å². The zero-order valence-electron chi connectivity index (χ0n) is 11.7. The highest BCUT2D eigenvalue weighted by Gasteiger charge is 2.26. The predicted molar refractivity (Wildman–Crippen MR) is 80.4 cm³/mol. The van der Waals surface area contributed by atoms with Crippen molar-refractivity contribution in [2.24, 2.45) is 0 Å². The molecule has 2 N–H and O–H groups in total. The third kappa shape index (κ3) is 3.71. The second-order valence-electron chi connectivity index (χ2n) is 5.16. The van der Waals surface area contributed by atoms with Gasteiger partial charge in [-0.15, -0.1) is 0 Å². The van der Waals surface area contributed by atoms with Gasteiger partial charge in [0.25, 0.3) is 0 Å². The molecule has 0 radical (unpaired) electrons. The Bertz CT molecular complexity index is 577. The fourth-order valence-electron chi connectivity index (χ4n) is 2.38. The predicted octanol–water partition coefficient (Wildman–Crippen LogP) is 1.04. The molecule has 2 rings (SSSR count). The molecule has 0 aliphatic carbocycles. The number of hydrogen-bond acceptors (Lipinski definition) is 4. The smallest absolute Gasteiger partial charge is 0.242 e. The molecule has 0 saturated carbocycles. The third-order valence-electron chi connectivity index (χ3n) is 3.38. The second-order valence-corrected chi connectivity index (χ2v) is 7.25. The van der Waals surface area contributed by atoms with E-state index in [2.05, 4.69) is 14.9 Å². The van der Waals surface area contributed by atoms with Crippen LogP contribution in [0.4, 0.5) is 0 Å². The second kappa shape index (κ2) is 6.41. The van der Waals surface area contributed by atoms with Crippen LogP contribution in [0.3, 0.4) is 0 Å². The summed E-state index contributed by atoms with van der Waals surface area (Å²) in [4.78, 5) is 2.26. The fourth-order valence-corrected chi connectivity index (χ4v) is 4.19. The van der Waals surface area contributed by atoms with Gasteiger partial charge in [0.1, 0.15) is 4.90 Å². The van der Waals surface area contributed by atoms with Gasteiger partial charge < -0.3 is 10.2 Å². The molecule has 1 aliphatic heterocycles. The Morgan fingerprint density at radius 1 is 1.45 bits per heavy atom. The lowest BCUT2D eigenvalue weighted by atomic mass is 10.2. The summed E-state index contributed by atoms with van der Waals surface area (Å²) in [5.74, 6) is 0. The summed E-state index contributed by atoms with van der Waals surface area (Å²) in [6, 6.07) is 5.03. The Kier molecular flexibility index (Phi) is 5.04. The van der Waals surface area contributed by atoms with Gasteiger partial charge >= 0.3 is 0 Å². The first-order chi connectivity index (χ1) is 9.42. The molecule has 0 spiro atoms. The maximum Gasteiger partial charge on any atom is 0.242 e. The highest BCUT2D eigenvalue weighted by Crippen LogP contribution is 2.23. The summed E-state index contributed by atoms with van der Waals surface area (Å²) in [5, 5.41) is 3.25. The first kappa shape index (κ1) is 15.7. The van der Waals surface area contributed by atoms with E-state index < -0.39 is 10.0 Å². The SMILES string of the molecule is CNCc1ccc(Cl)c(S(=O)(=O)NC2CCN(C)C2)c1. The van der Waals surface area contributed by atoms with E-state index in [-0.39, 0.29) is 16.0 Å². The van der Waals surface area contributed by atoms with Crippen LogP contribution in [0, 0.1) is 0 Å². The highest BCUT2D eigenvalue weighted by molar-refractivity contribution is 7.89. The summed E-state index contributed by atoms with van der Waals surface area (Å²) in [6.07, 6.45) is 0.823. The summed E-state index contributed by atoms with van der Waals surface area (Å²) in [7, 11) is 0.221. The standard InChI is InChI=1S/C13H20ClN3O2S/c1-15-8-10-3-4-12(14)13(7-10)20(18,19)16-11-5-6-17(2)9-11/h3-4,7,11,15-16H,5-6,8-9H2,1-2H3. The molecule has 7 heteroatoms. The summed E-state index contributed by atoms with van der Waals surface area (Å²) < 4.78 is 27.6. The molecule has 1 aromatic rings. The number of nitrogens with one attached hydrogen (secondary N) is 2. The van der Waals surface area contributed by atoms with Crippen LogP contribution in [0.2, 0.25) is 5.02 Å². The average molecular weight is 318 g/mol. The molecule has 20 heavy (non-hydrogen) atoms. The summed E-state index contributed by atoms with van der Waals surface area (Å²) in [5.41, 5.74) is 0.890. The van der Waals surface area contributed by atoms with Crippen molar-refractivity contribution in [3.8, 4) is 0 Å². The van der Waals surface area contributed by atoms with E-state index in [4.69, 9.17) is 11.6 Å². The van der Waals surface area contributed by atoms with Crippen molar-refractivity contribution in [1.29, 1.82) is 0 Å². The molecule has 1 saturated heterocycles. The minimum Gasteiger partial charge on any atom is -0.316 e. The molecule has 1 atom stereocenters. The van der Waals surface area contributed by atoms with E-state index in [1.54, 1.807) is 12.1 Å². The Labute approximate surface area is 125 Å². The van der Waals surface area contributed by atoms with Gasteiger partial charge in [-0.3, -0.25) is 0 Å². The van der Waals surface area contributed by atoms with E-state index in [9.17, 15) is 8.42 Å².